The fraction of sp³-hybridized carbons (Fsp3) is 0.263. The summed E-state index contributed by atoms with van der Waals surface area (Å²) in [7, 11) is 0. The second-order valence-electron chi connectivity index (χ2n) is 6.25. The summed E-state index contributed by atoms with van der Waals surface area (Å²) in [5.74, 6) is 0. The summed E-state index contributed by atoms with van der Waals surface area (Å²) in [6.07, 6.45) is 2.89. The van der Waals surface area contributed by atoms with Crippen LogP contribution in [0.15, 0.2) is 42.6 Å². The summed E-state index contributed by atoms with van der Waals surface area (Å²) < 4.78 is 2.01. The number of carbonyl (C=O) groups excluding carboxylic acids is 1. The first-order valence-corrected chi connectivity index (χ1v) is 8.51. The normalized spacial score (nSPS) is 13.5. The van der Waals surface area contributed by atoms with E-state index in [-0.39, 0.29) is 6.03 Å². The maximum Gasteiger partial charge on any atom is 0.319 e. The van der Waals surface area contributed by atoms with E-state index in [0.717, 1.165) is 42.2 Å². The zero-order valence-electron chi connectivity index (χ0n) is 14.2. The fourth-order valence-corrected chi connectivity index (χ4v) is 3.36. The molecule has 0 saturated heterocycles. The van der Waals surface area contributed by atoms with Gasteiger partial charge in [-0.05, 0) is 49.2 Å². The summed E-state index contributed by atoms with van der Waals surface area (Å²) >= 11 is 0. The molecule has 2 aromatic heterocycles. The molecule has 0 unspecified atom stereocenters. The van der Waals surface area contributed by atoms with E-state index in [2.05, 4.69) is 27.0 Å². The Kier molecular flexibility index (Phi) is 4.11. The van der Waals surface area contributed by atoms with Crippen molar-refractivity contribution < 1.29 is 4.79 Å². The summed E-state index contributed by atoms with van der Waals surface area (Å²) in [5.41, 5.74) is 6.18. The maximum atomic E-state index is 12.4. The molecule has 1 aromatic carbocycles. The third-order valence-corrected chi connectivity index (χ3v) is 4.63. The number of carbonyl (C=O) groups is 1. The Labute approximate surface area is 146 Å². The Bertz CT molecular complexity index is 931. The van der Waals surface area contributed by atoms with Gasteiger partial charge in [-0.15, -0.1) is 0 Å². The topological polar surface area (TPSA) is 70.5 Å². The average molecular weight is 335 g/mol. The van der Waals surface area contributed by atoms with Crippen LogP contribution in [0.5, 0.6) is 0 Å². The van der Waals surface area contributed by atoms with Crippen LogP contribution in [0.25, 0.3) is 5.65 Å². The Morgan fingerprint density at radius 3 is 3.12 bits per heavy atom. The minimum Gasteiger partial charge on any atom is -0.332 e. The van der Waals surface area contributed by atoms with Crippen LogP contribution in [0.2, 0.25) is 0 Å². The predicted molar refractivity (Wildman–Crippen MR) is 97.6 cm³/mol. The van der Waals surface area contributed by atoms with Crippen molar-refractivity contribution in [2.75, 3.05) is 11.9 Å². The molecule has 4 rings (SSSR count). The number of nitrogens with zero attached hydrogens (tertiary/aromatic N) is 2. The minimum absolute atomic E-state index is 0.197. The van der Waals surface area contributed by atoms with Crippen LogP contribution in [0.3, 0.4) is 0 Å². The number of benzene rings is 1. The van der Waals surface area contributed by atoms with Crippen molar-refractivity contribution in [3.63, 3.8) is 0 Å². The summed E-state index contributed by atoms with van der Waals surface area (Å²) in [5, 5.41) is 9.29. The third kappa shape index (κ3) is 3.08. The number of pyridine rings is 1. The number of aromatic nitrogens is 2. The highest BCUT2D eigenvalue weighted by molar-refractivity contribution is 5.90. The smallest absolute Gasteiger partial charge is 0.319 e. The molecular weight excluding hydrogens is 314 g/mol. The van der Waals surface area contributed by atoms with E-state index in [1.807, 2.05) is 47.9 Å². The molecule has 1 aliphatic rings. The minimum atomic E-state index is -0.197. The van der Waals surface area contributed by atoms with Crippen LogP contribution in [-0.2, 0) is 19.5 Å². The maximum absolute atomic E-state index is 12.4. The van der Waals surface area contributed by atoms with Gasteiger partial charge in [-0.3, -0.25) is 0 Å². The first-order valence-electron chi connectivity index (χ1n) is 8.51. The molecule has 0 saturated carbocycles. The van der Waals surface area contributed by atoms with Gasteiger partial charge in [0.1, 0.15) is 5.65 Å². The molecule has 2 amide bonds. The molecule has 0 spiro atoms. The van der Waals surface area contributed by atoms with Gasteiger partial charge in [-0.25, -0.2) is 9.78 Å². The van der Waals surface area contributed by atoms with Crippen molar-refractivity contribution in [3.05, 3.63) is 65.1 Å². The summed E-state index contributed by atoms with van der Waals surface area (Å²) in [6.45, 7) is 4.18. The number of aryl methyl sites for hydroxylation is 1. The Morgan fingerprint density at radius 1 is 1.28 bits per heavy atom. The van der Waals surface area contributed by atoms with Gasteiger partial charge < -0.3 is 20.4 Å². The molecule has 25 heavy (non-hydrogen) atoms. The lowest BCUT2D eigenvalue weighted by atomic mass is 9.99. The van der Waals surface area contributed by atoms with E-state index in [0.29, 0.717) is 6.54 Å². The van der Waals surface area contributed by atoms with Gasteiger partial charge in [0.05, 0.1) is 17.9 Å². The molecule has 6 nitrogen and oxygen atoms in total. The van der Waals surface area contributed by atoms with Crippen molar-refractivity contribution in [3.8, 4) is 0 Å². The van der Waals surface area contributed by atoms with Gasteiger partial charge in [-0.2, -0.15) is 0 Å². The van der Waals surface area contributed by atoms with Crippen molar-refractivity contribution in [1.29, 1.82) is 0 Å². The number of fused-ring (bicyclic) bond motifs is 2. The fourth-order valence-electron chi connectivity index (χ4n) is 3.36. The number of amides is 2. The molecular formula is C19H21N5O. The lowest BCUT2D eigenvalue weighted by Crippen LogP contribution is -2.31. The largest absolute Gasteiger partial charge is 0.332 e. The zero-order chi connectivity index (χ0) is 17.2. The number of nitrogens with one attached hydrogen (secondary N) is 3. The second kappa shape index (κ2) is 6.57. The molecule has 0 aliphatic carbocycles. The van der Waals surface area contributed by atoms with E-state index in [1.165, 1.54) is 11.1 Å². The number of hydrogen-bond donors (Lipinski definition) is 3. The van der Waals surface area contributed by atoms with Crippen LogP contribution in [0.1, 0.15) is 22.5 Å². The van der Waals surface area contributed by atoms with Gasteiger partial charge in [0.25, 0.3) is 0 Å². The Morgan fingerprint density at radius 2 is 2.20 bits per heavy atom. The average Bonchev–Trinajstić information content (AvgIpc) is 2.95. The molecule has 6 heteroatoms. The molecule has 3 heterocycles. The quantitative estimate of drug-likeness (QED) is 0.689. The summed E-state index contributed by atoms with van der Waals surface area (Å²) in [4.78, 5) is 16.9. The first-order chi connectivity index (χ1) is 12.2. The van der Waals surface area contributed by atoms with Gasteiger partial charge in [0, 0.05) is 18.4 Å². The van der Waals surface area contributed by atoms with E-state index >= 15 is 0 Å². The third-order valence-electron chi connectivity index (χ3n) is 4.63. The van der Waals surface area contributed by atoms with Crippen molar-refractivity contribution in [2.45, 2.75) is 26.4 Å². The second-order valence-corrected chi connectivity index (χ2v) is 6.25. The molecule has 128 valence electrons. The lowest BCUT2D eigenvalue weighted by Gasteiger charge is -2.20. The first kappa shape index (κ1) is 15.7. The van der Waals surface area contributed by atoms with Crippen molar-refractivity contribution >= 4 is 17.4 Å². The van der Waals surface area contributed by atoms with Crippen molar-refractivity contribution in [2.24, 2.45) is 0 Å². The number of rotatable bonds is 3. The van der Waals surface area contributed by atoms with Crippen molar-refractivity contribution in [1.82, 2.24) is 20.0 Å². The Hall–Kier alpha value is -2.86. The van der Waals surface area contributed by atoms with Crippen LogP contribution < -0.4 is 16.0 Å². The highest BCUT2D eigenvalue weighted by Gasteiger charge is 2.14. The van der Waals surface area contributed by atoms with Gasteiger partial charge in [0.2, 0.25) is 0 Å². The number of imidazole rings is 1. The molecule has 3 aromatic rings. The van der Waals surface area contributed by atoms with Crippen LogP contribution in [0.4, 0.5) is 10.5 Å². The highest BCUT2D eigenvalue weighted by Crippen LogP contribution is 2.23. The van der Waals surface area contributed by atoms with E-state index < -0.39 is 0 Å². The zero-order valence-corrected chi connectivity index (χ0v) is 14.2. The number of anilines is 1. The van der Waals surface area contributed by atoms with Gasteiger partial charge in [-0.1, -0.05) is 18.2 Å². The number of hydrogen-bond acceptors (Lipinski definition) is 3. The Balaban J connectivity index is 1.47. The molecule has 3 N–H and O–H groups in total. The monoisotopic (exact) mass is 335 g/mol. The molecule has 0 fully saturated rings. The van der Waals surface area contributed by atoms with Crippen LogP contribution in [-0.4, -0.2) is 22.0 Å². The van der Waals surface area contributed by atoms with Gasteiger partial charge >= 0.3 is 6.03 Å². The van der Waals surface area contributed by atoms with E-state index in [9.17, 15) is 4.79 Å². The number of urea groups is 1. The van der Waals surface area contributed by atoms with Crippen LogP contribution >= 0.6 is 0 Å². The van der Waals surface area contributed by atoms with Gasteiger partial charge in [0.15, 0.2) is 0 Å². The highest BCUT2D eigenvalue weighted by atomic mass is 16.2. The lowest BCUT2D eigenvalue weighted by molar-refractivity contribution is 0.251. The molecule has 0 atom stereocenters. The SMILES string of the molecule is Cc1nc2ccccn2c1CNC(=O)Nc1cccc2c1CCNC2. The van der Waals surface area contributed by atoms with E-state index in [4.69, 9.17) is 0 Å². The van der Waals surface area contributed by atoms with Crippen LogP contribution in [0, 0.1) is 6.92 Å². The molecule has 0 bridgehead atoms. The van der Waals surface area contributed by atoms with E-state index in [1.54, 1.807) is 0 Å². The molecule has 0 radical (unpaired) electrons. The summed E-state index contributed by atoms with van der Waals surface area (Å²) in [6, 6.07) is 11.7. The standard InChI is InChI=1S/C19H21N5O/c1-13-17(24-10-3-2-7-18(24)22-13)12-21-19(25)23-16-6-4-5-14-11-20-9-8-15(14)16/h2-7,10,20H,8-9,11-12H2,1H3,(H2,21,23,25). The predicted octanol–water partition coefficient (Wildman–Crippen LogP) is 2.61. The molecule has 1 aliphatic heterocycles.